The summed E-state index contributed by atoms with van der Waals surface area (Å²) in [6.45, 7) is 8.35. The van der Waals surface area contributed by atoms with Crippen LogP contribution in [-0.4, -0.2) is 23.0 Å². The highest BCUT2D eigenvalue weighted by molar-refractivity contribution is 7.21. The van der Waals surface area contributed by atoms with E-state index in [0.717, 1.165) is 9.83 Å². The zero-order valence-electron chi connectivity index (χ0n) is 15.9. The summed E-state index contributed by atoms with van der Waals surface area (Å²) < 4.78 is 0.856. The topological polar surface area (TPSA) is 62.3 Å². The molecule has 6 heteroatoms. The molecule has 0 saturated heterocycles. The molecule has 0 aliphatic heterocycles. The van der Waals surface area contributed by atoms with Gasteiger partial charge in [0.05, 0.1) is 5.39 Å². The van der Waals surface area contributed by atoms with Crippen molar-refractivity contribution in [3.63, 3.8) is 0 Å². The van der Waals surface area contributed by atoms with Crippen LogP contribution in [0.1, 0.15) is 38.1 Å². The largest absolute Gasteiger partial charge is 0.343 e. The summed E-state index contributed by atoms with van der Waals surface area (Å²) in [7, 11) is 0. The van der Waals surface area contributed by atoms with Crippen LogP contribution >= 0.6 is 11.3 Å². The Balaban J connectivity index is 1.95. The van der Waals surface area contributed by atoms with Crippen LogP contribution < -0.4 is 15.8 Å². The average molecular weight is 382 g/mol. The van der Waals surface area contributed by atoms with E-state index in [1.807, 2.05) is 30.3 Å². The number of aromatic nitrogens is 1. The van der Waals surface area contributed by atoms with Gasteiger partial charge in [-0.05, 0) is 58.0 Å². The van der Waals surface area contributed by atoms with E-state index in [0.29, 0.717) is 16.6 Å². The van der Waals surface area contributed by atoms with Gasteiger partial charge in [0.25, 0.3) is 11.5 Å². The second-order valence-electron chi connectivity index (χ2n) is 6.93. The van der Waals surface area contributed by atoms with Crippen LogP contribution in [0.5, 0.6) is 0 Å². The first-order chi connectivity index (χ1) is 12.9. The number of amides is 1. The predicted molar refractivity (Wildman–Crippen MR) is 113 cm³/mol. The highest BCUT2D eigenvalue weighted by atomic mass is 32.1. The van der Waals surface area contributed by atoms with Gasteiger partial charge >= 0.3 is 0 Å². The number of hydrogen-bond donors (Lipinski definition) is 1. The molecule has 0 bridgehead atoms. The molecule has 27 heavy (non-hydrogen) atoms. The Labute approximate surface area is 162 Å². The lowest BCUT2D eigenvalue weighted by atomic mass is 10.2. The smallest absolute Gasteiger partial charge is 0.281 e. The normalized spacial score (nSPS) is 11.2. The summed E-state index contributed by atoms with van der Waals surface area (Å²) in [5, 5.41) is 4.08. The van der Waals surface area contributed by atoms with Crippen LogP contribution in [0.4, 0.5) is 10.8 Å². The zero-order chi connectivity index (χ0) is 19.6. The Morgan fingerprint density at radius 2 is 1.70 bits per heavy atom. The molecule has 0 atom stereocenters. The maximum atomic E-state index is 12.6. The van der Waals surface area contributed by atoms with E-state index in [-0.39, 0.29) is 23.6 Å². The van der Waals surface area contributed by atoms with Crippen LogP contribution in [-0.2, 0) is 0 Å². The lowest BCUT2D eigenvalue weighted by molar-refractivity contribution is 0.102. The van der Waals surface area contributed by atoms with E-state index in [9.17, 15) is 9.59 Å². The minimum absolute atomic E-state index is 0.207. The first-order valence-corrected chi connectivity index (χ1v) is 9.78. The lowest BCUT2D eigenvalue weighted by Crippen LogP contribution is -2.38. The van der Waals surface area contributed by atoms with Gasteiger partial charge < -0.3 is 10.2 Å². The zero-order valence-corrected chi connectivity index (χ0v) is 16.7. The Bertz CT molecular complexity index is 1000. The third-order valence-electron chi connectivity index (χ3n) is 4.24. The molecule has 2 aromatic carbocycles. The molecule has 0 spiro atoms. The molecule has 3 aromatic rings. The molecule has 0 unspecified atom stereocenters. The van der Waals surface area contributed by atoms with E-state index in [4.69, 9.17) is 0 Å². The fourth-order valence-corrected chi connectivity index (χ4v) is 4.32. The van der Waals surface area contributed by atoms with Gasteiger partial charge in [0, 0.05) is 28.0 Å². The van der Waals surface area contributed by atoms with Gasteiger partial charge in [-0.25, -0.2) is 0 Å². The molecule has 0 radical (unpaired) electrons. The summed E-state index contributed by atoms with van der Waals surface area (Å²) in [5.41, 5.74) is 0.876. The molecule has 5 nitrogen and oxygen atoms in total. The Hall–Kier alpha value is -2.73. The van der Waals surface area contributed by atoms with Crippen molar-refractivity contribution >= 4 is 38.1 Å². The van der Waals surface area contributed by atoms with Crippen LogP contribution in [0.15, 0.2) is 53.3 Å². The summed E-state index contributed by atoms with van der Waals surface area (Å²) in [6.07, 6.45) is 0. The van der Waals surface area contributed by atoms with Gasteiger partial charge in [-0.2, -0.15) is 4.98 Å². The second-order valence-corrected chi connectivity index (χ2v) is 7.94. The quantitative estimate of drug-likeness (QED) is 0.705. The lowest BCUT2D eigenvalue weighted by Gasteiger charge is -2.31. The number of fused-ring (bicyclic) bond motifs is 1. The van der Waals surface area contributed by atoms with E-state index in [2.05, 4.69) is 42.9 Å². The fraction of sp³-hybridized carbons (Fsp3) is 0.286. The summed E-state index contributed by atoms with van der Waals surface area (Å²) in [4.78, 5) is 31.4. The minimum Gasteiger partial charge on any atom is -0.343 e. The van der Waals surface area contributed by atoms with Crippen molar-refractivity contribution in [2.45, 2.75) is 39.8 Å². The highest BCUT2D eigenvalue weighted by Gasteiger charge is 2.18. The van der Waals surface area contributed by atoms with Crippen molar-refractivity contribution < 1.29 is 4.79 Å². The SMILES string of the molecule is CC(C)N(c1nc(=O)c2cc(NC(=O)c3ccccc3)ccc2s1)C(C)C. The maximum absolute atomic E-state index is 12.6. The molecule has 140 valence electrons. The Kier molecular flexibility index (Phi) is 5.56. The van der Waals surface area contributed by atoms with E-state index >= 15 is 0 Å². The summed E-state index contributed by atoms with van der Waals surface area (Å²) in [5.74, 6) is -0.207. The monoisotopic (exact) mass is 381 g/mol. The van der Waals surface area contributed by atoms with Crippen molar-refractivity contribution in [1.29, 1.82) is 0 Å². The number of nitrogens with zero attached hydrogens (tertiary/aromatic N) is 2. The van der Waals surface area contributed by atoms with E-state index in [1.54, 1.807) is 18.2 Å². The fourth-order valence-electron chi connectivity index (χ4n) is 3.07. The number of anilines is 2. The molecule has 1 heterocycles. The molecule has 3 rings (SSSR count). The Morgan fingerprint density at radius 3 is 2.33 bits per heavy atom. The molecule has 0 aliphatic carbocycles. The van der Waals surface area contributed by atoms with Crippen LogP contribution in [0.2, 0.25) is 0 Å². The highest BCUT2D eigenvalue weighted by Crippen LogP contribution is 2.28. The van der Waals surface area contributed by atoms with E-state index < -0.39 is 0 Å². The number of benzene rings is 2. The number of carbonyl (C=O) groups is 1. The molecule has 1 N–H and O–H groups in total. The first kappa shape index (κ1) is 19.0. The van der Waals surface area contributed by atoms with Crippen molar-refractivity contribution in [2.75, 3.05) is 10.2 Å². The predicted octanol–water partition coefficient (Wildman–Crippen LogP) is 4.53. The van der Waals surface area contributed by atoms with Crippen LogP contribution in [0.25, 0.3) is 10.1 Å². The molecule has 0 aliphatic rings. The van der Waals surface area contributed by atoms with Gasteiger partial charge in [0.15, 0.2) is 5.13 Å². The van der Waals surface area contributed by atoms with Crippen molar-refractivity contribution in [3.8, 4) is 0 Å². The second kappa shape index (κ2) is 7.88. The standard InChI is InChI=1S/C21H23N3O2S/c1-13(2)24(14(3)4)21-23-20(26)17-12-16(10-11-18(17)27-21)22-19(25)15-8-6-5-7-9-15/h5-14H,1-4H3,(H,22,25). The first-order valence-electron chi connectivity index (χ1n) is 8.96. The van der Waals surface area contributed by atoms with Gasteiger partial charge in [-0.1, -0.05) is 29.5 Å². The van der Waals surface area contributed by atoms with Crippen LogP contribution in [0.3, 0.4) is 0 Å². The molecular formula is C21H23N3O2S. The van der Waals surface area contributed by atoms with Gasteiger partial charge in [0.1, 0.15) is 0 Å². The Morgan fingerprint density at radius 1 is 1.04 bits per heavy atom. The van der Waals surface area contributed by atoms with Crippen LogP contribution in [0, 0.1) is 0 Å². The number of nitrogens with one attached hydrogen (secondary N) is 1. The molecule has 1 aromatic heterocycles. The van der Waals surface area contributed by atoms with Crippen molar-refractivity contribution in [2.24, 2.45) is 0 Å². The maximum Gasteiger partial charge on any atom is 0.281 e. The van der Waals surface area contributed by atoms with Gasteiger partial charge in [-0.15, -0.1) is 0 Å². The molecule has 1 amide bonds. The van der Waals surface area contributed by atoms with Crippen molar-refractivity contribution in [3.05, 3.63) is 64.4 Å². The summed E-state index contributed by atoms with van der Waals surface area (Å²) in [6, 6.07) is 14.9. The molecule has 0 fully saturated rings. The molecular weight excluding hydrogens is 358 g/mol. The summed E-state index contributed by atoms with van der Waals surface area (Å²) >= 11 is 1.49. The minimum atomic E-state index is -0.277. The number of carbonyl (C=O) groups excluding carboxylic acids is 1. The van der Waals surface area contributed by atoms with Gasteiger partial charge in [-0.3, -0.25) is 9.59 Å². The third-order valence-corrected chi connectivity index (χ3v) is 5.30. The third kappa shape index (κ3) is 4.17. The van der Waals surface area contributed by atoms with Crippen molar-refractivity contribution in [1.82, 2.24) is 4.98 Å². The number of hydrogen-bond acceptors (Lipinski definition) is 5. The average Bonchev–Trinajstić information content (AvgIpc) is 2.62. The van der Waals surface area contributed by atoms with Gasteiger partial charge in [0.2, 0.25) is 0 Å². The number of rotatable bonds is 5. The molecule has 0 saturated carbocycles. The van der Waals surface area contributed by atoms with E-state index in [1.165, 1.54) is 11.3 Å².